The Morgan fingerprint density at radius 1 is 1.75 bits per heavy atom. The Balaban J connectivity index is 2.78. The van der Waals surface area contributed by atoms with Gasteiger partial charge < -0.3 is 15.8 Å². The molecule has 0 aliphatic rings. The molecule has 0 radical (unpaired) electrons. The largest absolute Gasteiger partial charge is 0.409 e. The van der Waals surface area contributed by atoms with Crippen LogP contribution in [0.1, 0.15) is 13.3 Å². The van der Waals surface area contributed by atoms with Gasteiger partial charge in [-0.15, -0.1) is 0 Å². The molecule has 1 heterocycles. The molecular weight excluding hydrogens is 211 g/mol. The number of rotatable bonds is 4. The average Bonchev–Trinajstić information content (AvgIpc) is 2.28. The van der Waals surface area contributed by atoms with Gasteiger partial charge in [0.05, 0.1) is 0 Å². The van der Waals surface area contributed by atoms with Crippen molar-refractivity contribution in [2.24, 2.45) is 10.9 Å². The van der Waals surface area contributed by atoms with Gasteiger partial charge in [-0.1, -0.05) is 5.16 Å². The first-order valence-electron chi connectivity index (χ1n) is 4.86. The van der Waals surface area contributed by atoms with Crippen molar-refractivity contribution >= 4 is 11.7 Å². The predicted octanol–water partition coefficient (Wildman–Crippen LogP) is 1.18. The molecule has 0 saturated carbocycles. The number of hydrogen-bond donors (Lipinski definition) is 2. The van der Waals surface area contributed by atoms with E-state index in [1.54, 1.807) is 11.9 Å². The number of nitrogens with zero attached hydrogens (tertiary/aromatic N) is 3. The zero-order valence-electron chi connectivity index (χ0n) is 9.26. The van der Waals surface area contributed by atoms with Crippen LogP contribution in [0.3, 0.4) is 0 Å². The second-order valence-electron chi connectivity index (χ2n) is 3.56. The van der Waals surface area contributed by atoms with Crippen LogP contribution in [0.25, 0.3) is 0 Å². The molecule has 1 unspecified atom stereocenters. The maximum Gasteiger partial charge on any atom is 0.165 e. The summed E-state index contributed by atoms with van der Waals surface area (Å²) in [6.45, 7) is 1.84. The first-order chi connectivity index (χ1) is 7.56. The molecular formula is C10H15FN4O. The lowest BCUT2D eigenvalue weighted by Crippen LogP contribution is -2.34. The maximum absolute atomic E-state index is 13.4. The molecule has 6 heteroatoms. The fourth-order valence-electron chi connectivity index (χ4n) is 1.33. The highest BCUT2D eigenvalue weighted by Gasteiger charge is 2.15. The molecule has 0 spiro atoms. The molecule has 0 amide bonds. The van der Waals surface area contributed by atoms with Crippen molar-refractivity contribution < 1.29 is 9.60 Å². The third-order valence-corrected chi connectivity index (χ3v) is 2.37. The lowest BCUT2D eigenvalue weighted by molar-refractivity contribution is 0.316. The van der Waals surface area contributed by atoms with Crippen molar-refractivity contribution in [1.82, 2.24) is 4.98 Å². The van der Waals surface area contributed by atoms with Crippen molar-refractivity contribution in [3.63, 3.8) is 0 Å². The number of nitrogens with two attached hydrogens (primary N) is 1. The molecule has 1 aromatic rings. The van der Waals surface area contributed by atoms with E-state index in [1.165, 1.54) is 18.3 Å². The van der Waals surface area contributed by atoms with E-state index in [9.17, 15) is 4.39 Å². The molecule has 0 bridgehead atoms. The third-order valence-electron chi connectivity index (χ3n) is 2.37. The highest BCUT2D eigenvalue weighted by Crippen LogP contribution is 2.17. The Hall–Kier alpha value is -1.85. The van der Waals surface area contributed by atoms with Crippen LogP contribution < -0.4 is 10.6 Å². The summed E-state index contributed by atoms with van der Waals surface area (Å²) >= 11 is 0. The maximum atomic E-state index is 13.4. The number of hydrogen-bond acceptors (Lipinski definition) is 4. The van der Waals surface area contributed by atoms with Crippen LogP contribution in [0, 0.1) is 5.82 Å². The van der Waals surface area contributed by atoms with Gasteiger partial charge in [0.2, 0.25) is 0 Å². The Morgan fingerprint density at radius 3 is 3.00 bits per heavy atom. The van der Waals surface area contributed by atoms with E-state index in [0.717, 1.165) is 0 Å². The summed E-state index contributed by atoms with van der Waals surface area (Å²) in [4.78, 5) is 5.59. The van der Waals surface area contributed by atoms with Crippen LogP contribution in [0.4, 0.5) is 10.2 Å². The Morgan fingerprint density at radius 2 is 2.44 bits per heavy atom. The summed E-state index contributed by atoms with van der Waals surface area (Å²) < 4.78 is 13.4. The van der Waals surface area contributed by atoms with Crippen LogP contribution in [-0.4, -0.2) is 29.1 Å². The van der Waals surface area contributed by atoms with E-state index in [0.29, 0.717) is 6.42 Å². The van der Waals surface area contributed by atoms with Gasteiger partial charge in [-0.2, -0.15) is 0 Å². The number of anilines is 1. The molecule has 0 aromatic carbocycles. The lowest BCUT2D eigenvalue weighted by Gasteiger charge is -2.25. The zero-order valence-corrected chi connectivity index (χ0v) is 9.26. The Kier molecular flexibility index (Phi) is 4.04. The van der Waals surface area contributed by atoms with E-state index in [-0.39, 0.29) is 17.7 Å². The predicted molar refractivity (Wildman–Crippen MR) is 60.1 cm³/mol. The van der Waals surface area contributed by atoms with E-state index >= 15 is 0 Å². The molecule has 1 aromatic heterocycles. The lowest BCUT2D eigenvalue weighted by atomic mass is 10.2. The Bertz CT molecular complexity index is 383. The van der Waals surface area contributed by atoms with Crippen LogP contribution in [0.2, 0.25) is 0 Å². The molecule has 16 heavy (non-hydrogen) atoms. The highest BCUT2D eigenvalue weighted by molar-refractivity contribution is 5.80. The molecule has 0 aliphatic carbocycles. The van der Waals surface area contributed by atoms with E-state index in [1.807, 2.05) is 6.92 Å². The molecule has 3 N–H and O–H groups in total. The molecule has 0 aliphatic heterocycles. The van der Waals surface area contributed by atoms with Gasteiger partial charge in [0, 0.05) is 25.7 Å². The van der Waals surface area contributed by atoms with E-state index in [2.05, 4.69) is 10.1 Å². The van der Waals surface area contributed by atoms with E-state index in [4.69, 9.17) is 10.9 Å². The summed E-state index contributed by atoms with van der Waals surface area (Å²) in [6, 6.07) is 2.76. The van der Waals surface area contributed by atoms with Crippen molar-refractivity contribution in [3.05, 3.63) is 24.1 Å². The minimum atomic E-state index is -0.392. The van der Waals surface area contributed by atoms with E-state index < -0.39 is 5.82 Å². The minimum Gasteiger partial charge on any atom is -0.409 e. The summed E-state index contributed by atoms with van der Waals surface area (Å²) in [6.07, 6.45) is 1.86. The van der Waals surface area contributed by atoms with Crippen molar-refractivity contribution in [2.75, 3.05) is 11.9 Å². The number of pyridine rings is 1. The average molecular weight is 226 g/mol. The van der Waals surface area contributed by atoms with Gasteiger partial charge in [0.15, 0.2) is 11.6 Å². The molecule has 5 nitrogen and oxygen atoms in total. The summed E-state index contributed by atoms with van der Waals surface area (Å²) in [5.41, 5.74) is 5.39. The van der Waals surface area contributed by atoms with Gasteiger partial charge in [-0.3, -0.25) is 0 Å². The number of oxime groups is 1. The smallest absolute Gasteiger partial charge is 0.165 e. The standard InChI is InChI=1S/C10H15FN4O/c1-7(6-9(12)14-16)15(2)10-8(11)4-3-5-13-10/h3-5,7,16H,6H2,1-2H3,(H2,12,14). The normalized spacial score (nSPS) is 13.6. The Labute approximate surface area is 93.4 Å². The number of halogens is 1. The second-order valence-corrected chi connectivity index (χ2v) is 3.56. The molecule has 88 valence electrons. The van der Waals surface area contributed by atoms with Crippen LogP contribution in [0.15, 0.2) is 23.5 Å². The molecule has 1 atom stereocenters. The van der Waals surface area contributed by atoms with Crippen LogP contribution in [-0.2, 0) is 0 Å². The van der Waals surface area contributed by atoms with Crippen molar-refractivity contribution in [1.29, 1.82) is 0 Å². The summed E-state index contributed by atoms with van der Waals surface area (Å²) in [7, 11) is 1.71. The quantitative estimate of drug-likeness (QED) is 0.350. The second kappa shape index (κ2) is 5.29. The topological polar surface area (TPSA) is 74.7 Å². The minimum absolute atomic E-state index is 0.107. The van der Waals surface area contributed by atoms with Crippen LogP contribution >= 0.6 is 0 Å². The first-order valence-corrected chi connectivity index (χ1v) is 4.86. The van der Waals surface area contributed by atoms with Gasteiger partial charge in [0.25, 0.3) is 0 Å². The fraction of sp³-hybridized carbons (Fsp3) is 0.400. The third kappa shape index (κ3) is 2.82. The van der Waals surface area contributed by atoms with Gasteiger partial charge in [-0.25, -0.2) is 9.37 Å². The molecule has 0 saturated heterocycles. The van der Waals surface area contributed by atoms with Gasteiger partial charge >= 0.3 is 0 Å². The van der Waals surface area contributed by atoms with Gasteiger partial charge in [-0.05, 0) is 19.1 Å². The monoisotopic (exact) mass is 226 g/mol. The van der Waals surface area contributed by atoms with Crippen molar-refractivity contribution in [2.45, 2.75) is 19.4 Å². The fourth-order valence-corrected chi connectivity index (χ4v) is 1.33. The first kappa shape index (κ1) is 12.2. The van der Waals surface area contributed by atoms with Crippen LogP contribution in [0.5, 0.6) is 0 Å². The number of aromatic nitrogens is 1. The highest BCUT2D eigenvalue weighted by atomic mass is 19.1. The van der Waals surface area contributed by atoms with Gasteiger partial charge in [0.1, 0.15) is 5.84 Å². The summed E-state index contributed by atoms with van der Waals surface area (Å²) in [5, 5.41) is 11.3. The molecule has 1 rings (SSSR count). The molecule has 0 fully saturated rings. The summed E-state index contributed by atoms with van der Waals surface area (Å²) in [5.74, 6) is -0.0345. The zero-order chi connectivity index (χ0) is 12.1. The number of amidine groups is 1. The van der Waals surface area contributed by atoms with Crippen molar-refractivity contribution in [3.8, 4) is 0 Å². The SMILES string of the molecule is CC(CC(N)=NO)N(C)c1ncccc1F.